The third-order valence-corrected chi connectivity index (χ3v) is 5.05. The SMILES string of the molecule is NC1CC1c1ccc(-c2cccc(NS(=O)(=O)C(F)(F)F)c2)cc1. The summed E-state index contributed by atoms with van der Waals surface area (Å²) in [5, 5.41) is 0. The van der Waals surface area contributed by atoms with Crippen molar-refractivity contribution in [2.24, 2.45) is 5.73 Å². The van der Waals surface area contributed by atoms with Gasteiger partial charge in [0.25, 0.3) is 0 Å². The molecule has 3 N–H and O–H groups in total. The van der Waals surface area contributed by atoms with E-state index in [2.05, 4.69) is 0 Å². The number of alkyl halides is 3. The molecule has 0 heterocycles. The number of hydrogen-bond donors (Lipinski definition) is 2. The van der Waals surface area contributed by atoms with E-state index in [1.54, 1.807) is 10.8 Å². The Bertz CT molecular complexity index is 848. The van der Waals surface area contributed by atoms with E-state index >= 15 is 0 Å². The number of nitrogens with two attached hydrogens (primary N) is 1. The van der Waals surface area contributed by atoms with Crippen molar-refractivity contribution < 1.29 is 21.6 Å². The predicted molar refractivity (Wildman–Crippen MR) is 85.8 cm³/mol. The minimum atomic E-state index is -5.43. The van der Waals surface area contributed by atoms with Crippen LogP contribution in [0.1, 0.15) is 17.9 Å². The molecule has 1 saturated carbocycles. The number of rotatable bonds is 4. The molecule has 2 aromatic rings. The highest BCUT2D eigenvalue weighted by Crippen LogP contribution is 2.39. The van der Waals surface area contributed by atoms with Crippen LogP contribution in [0.5, 0.6) is 0 Å². The van der Waals surface area contributed by atoms with Gasteiger partial charge >= 0.3 is 15.5 Å². The molecule has 0 spiro atoms. The zero-order chi connectivity index (χ0) is 17.5. The summed E-state index contributed by atoms with van der Waals surface area (Å²) in [6.45, 7) is 0. The molecule has 1 aliphatic rings. The molecule has 8 heteroatoms. The zero-order valence-corrected chi connectivity index (χ0v) is 13.2. The second kappa shape index (κ2) is 5.78. The van der Waals surface area contributed by atoms with Crippen molar-refractivity contribution in [2.75, 3.05) is 4.72 Å². The smallest absolute Gasteiger partial charge is 0.327 e. The molecule has 2 atom stereocenters. The molecule has 128 valence electrons. The monoisotopic (exact) mass is 356 g/mol. The van der Waals surface area contributed by atoms with Gasteiger partial charge in [0, 0.05) is 17.6 Å². The maximum atomic E-state index is 12.4. The van der Waals surface area contributed by atoms with Crippen LogP contribution in [0.3, 0.4) is 0 Å². The summed E-state index contributed by atoms with van der Waals surface area (Å²) >= 11 is 0. The molecule has 1 aliphatic carbocycles. The lowest BCUT2D eigenvalue weighted by Crippen LogP contribution is -2.29. The van der Waals surface area contributed by atoms with Crippen LogP contribution in [0.2, 0.25) is 0 Å². The molecule has 2 unspecified atom stereocenters. The topological polar surface area (TPSA) is 72.2 Å². The second-order valence-electron chi connectivity index (χ2n) is 5.76. The number of anilines is 1. The molecule has 0 amide bonds. The van der Waals surface area contributed by atoms with E-state index in [0.29, 0.717) is 11.5 Å². The molecule has 0 aliphatic heterocycles. The van der Waals surface area contributed by atoms with Gasteiger partial charge in [0.05, 0.1) is 0 Å². The Hall–Kier alpha value is -2.06. The third kappa shape index (κ3) is 3.39. The Kier molecular flexibility index (Phi) is 4.05. The fourth-order valence-electron chi connectivity index (χ4n) is 2.50. The number of sulfonamides is 1. The Morgan fingerprint density at radius 1 is 1.04 bits per heavy atom. The minimum absolute atomic E-state index is 0.141. The molecule has 0 saturated heterocycles. The Labute approximate surface area is 137 Å². The summed E-state index contributed by atoms with van der Waals surface area (Å²) in [7, 11) is -5.43. The summed E-state index contributed by atoms with van der Waals surface area (Å²) in [5.74, 6) is 0.365. The highest BCUT2D eigenvalue weighted by atomic mass is 32.2. The number of benzene rings is 2. The maximum Gasteiger partial charge on any atom is 0.516 e. The van der Waals surface area contributed by atoms with Crippen molar-refractivity contribution in [1.82, 2.24) is 0 Å². The molecule has 1 fully saturated rings. The van der Waals surface area contributed by atoms with Crippen LogP contribution in [0.25, 0.3) is 11.1 Å². The molecule has 2 aromatic carbocycles. The largest absolute Gasteiger partial charge is 0.516 e. The molecular formula is C16H15F3N2O2S. The van der Waals surface area contributed by atoms with E-state index in [-0.39, 0.29) is 11.7 Å². The molecule has 4 nitrogen and oxygen atoms in total. The van der Waals surface area contributed by atoms with Crippen molar-refractivity contribution in [2.45, 2.75) is 23.9 Å². The Morgan fingerprint density at radius 2 is 1.67 bits per heavy atom. The van der Waals surface area contributed by atoms with Gasteiger partial charge in [-0.15, -0.1) is 0 Å². The van der Waals surface area contributed by atoms with Crippen molar-refractivity contribution >= 4 is 15.7 Å². The lowest BCUT2D eigenvalue weighted by Gasteiger charge is -2.11. The number of hydrogen-bond acceptors (Lipinski definition) is 3. The quantitative estimate of drug-likeness (QED) is 0.882. The van der Waals surface area contributed by atoms with Crippen molar-refractivity contribution in [3.63, 3.8) is 0 Å². The maximum absolute atomic E-state index is 12.4. The van der Waals surface area contributed by atoms with Gasteiger partial charge < -0.3 is 5.73 Å². The second-order valence-corrected chi connectivity index (χ2v) is 7.43. The van der Waals surface area contributed by atoms with Crippen LogP contribution in [-0.4, -0.2) is 20.0 Å². The Morgan fingerprint density at radius 3 is 2.21 bits per heavy atom. The first-order chi connectivity index (χ1) is 11.2. The zero-order valence-electron chi connectivity index (χ0n) is 12.4. The average molecular weight is 356 g/mol. The minimum Gasteiger partial charge on any atom is -0.327 e. The molecule has 0 bridgehead atoms. The highest BCUT2D eigenvalue weighted by Gasteiger charge is 2.46. The van der Waals surface area contributed by atoms with Crippen molar-refractivity contribution in [1.29, 1.82) is 0 Å². The summed E-state index contributed by atoms with van der Waals surface area (Å²) < 4.78 is 61.2. The standard InChI is InChI=1S/C16H15F3N2O2S/c17-16(18,19)24(22,23)21-13-3-1-2-12(8-13)10-4-6-11(7-5-10)14-9-15(14)20/h1-8,14-15,21H,9,20H2. The Balaban J connectivity index is 1.83. The van der Waals surface area contributed by atoms with Gasteiger partial charge in [-0.05, 0) is 35.2 Å². The van der Waals surface area contributed by atoms with Gasteiger partial charge in [-0.3, -0.25) is 4.72 Å². The van der Waals surface area contributed by atoms with E-state index in [0.717, 1.165) is 17.5 Å². The lowest BCUT2D eigenvalue weighted by molar-refractivity contribution is -0.0429. The van der Waals surface area contributed by atoms with Crippen LogP contribution < -0.4 is 10.5 Å². The van der Waals surface area contributed by atoms with E-state index in [4.69, 9.17) is 5.73 Å². The van der Waals surface area contributed by atoms with Crippen molar-refractivity contribution in [3.05, 3.63) is 54.1 Å². The normalized spacial score (nSPS) is 20.7. The number of halogens is 3. The first-order valence-corrected chi connectivity index (χ1v) is 8.71. The van der Waals surface area contributed by atoms with E-state index in [1.165, 1.54) is 18.2 Å². The average Bonchev–Trinajstić information content (AvgIpc) is 3.23. The number of nitrogens with one attached hydrogen (secondary N) is 1. The van der Waals surface area contributed by atoms with Gasteiger partial charge in [0.2, 0.25) is 0 Å². The van der Waals surface area contributed by atoms with E-state index in [1.807, 2.05) is 24.3 Å². The van der Waals surface area contributed by atoms with Gasteiger partial charge in [0.15, 0.2) is 0 Å². The molecule has 24 heavy (non-hydrogen) atoms. The summed E-state index contributed by atoms with van der Waals surface area (Å²) in [6.07, 6.45) is 0.952. The van der Waals surface area contributed by atoms with E-state index < -0.39 is 15.5 Å². The highest BCUT2D eigenvalue weighted by molar-refractivity contribution is 7.93. The fourth-order valence-corrected chi connectivity index (χ4v) is 3.05. The van der Waals surface area contributed by atoms with Crippen LogP contribution in [0.4, 0.5) is 18.9 Å². The fraction of sp³-hybridized carbons (Fsp3) is 0.250. The molecule has 0 aromatic heterocycles. The third-order valence-electron chi connectivity index (χ3n) is 3.93. The van der Waals surface area contributed by atoms with E-state index in [9.17, 15) is 21.6 Å². The summed E-state index contributed by atoms with van der Waals surface area (Å²) in [6, 6.07) is 13.6. The summed E-state index contributed by atoms with van der Waals surface area (Å²) in [5.41, 5.74) is 2.83. The van der Waals surface area contributed by atoms with Gasteiger partial charge in [-0.1, -0.05) is 36.4 Å². The van der Waals surface area contributed by atoms with Crippen LogP contribution in [-0.2, 0) is 10.0 Å². The van der Waals surface area contributed by atoms with Crippen LogP contribution >= 0.6 is 0 Å². The predicted octanol–water partition coefficient (Wildman–Crippen LogP) is 3.43. The van der Waals surface area contributed by atoms with Crippen LogP contribution in [0.15, 0.2) is 48.5 Å². The summed E-state index contributed by atoms with van der Waals surface area (Å²) in [4.78, 5) is 0. The van der Waals surface area contributed by atoms with Gasteiger partial charge in [-0.25, -0.2) is 0 Å². The van der Waals surface area contributed by atoms with Gasteiger partial charge in [-0.2, -0.15) is 21.6 Å². The van der Waals surface area contributed by atoms with Crippen LogP contribution in [0, 0.1) is 0 Å². The van der Waals surface area contributed by atoms with Crippen molar-refractivity contribution in [3.8, 4) is 11.1 Å². The first kappa shape index (κ1) is 16.8. The lowest BCUT2D eigenvalue weighted by atomic mass is 10.0. The first-order valence-electron chi connectivity index (χ1n) is 7.22. The molecule has 3 rings (SSSR count). The molecular weight excluding hydrogens is 341 g/mol. The molecule has 0 radical (unpaired) electrons. The van der Waals surface area contributed by atoms with Gasteiger partial charge in [0.1, 0.15) is 0 Å².